The van der Waals surface area contributed by atoms with E-state index in [0.717, 1.165) is 18.9 Å². The Labute approximate surface area is 98.6 Å². The van der Waals surface area contributed by atoms with Crippen LogP contribution >= 0.6 is 11.5 Å². The highest BCUT2D eigenvalue weighted by molar-refractivity contribution is 7.13. The SMILES string of the molecule is c1cc2cnsc2cc1OCC1CCCN1. The topological polar surface area (TPSA) is 34.1 Å². The molecule has 0 aliphatic carbocycles. The van der Waals surface area contributed by atoms with Crippen LogP contribution in [0.2, 0.25) is 0 Å². The first kappa shape index (κ1) is 10.1. The van der Waals surface area contributed by atoms with Crippen molar-refractivity contribution in [2.75, 3.05) is 13.2 Å². The van der Waals surface area contributed by atoms with Crippen LogP contribution in [0.3, 0.4) is 0 Å². The average molecular weight is 234 g/mol. The largest absolute Gasteiger partial charge is 0.492 e. The first-order valence-electron chi connectivity index (χ1n) is 5.62. The minimum atomic E-state index is 0.525. The summed E-state index contributed by atoms with van der Waals surface area (Å²) in [6.45, 7) is 1.90. The molecule has 1 atom stereocenters. The molecule has 1 aliphatic heterocycles. The molecule has 1 aliphatic rings. The Morgan fingerprint density at radius 3 is 3.38 bits per heavy atom. The van der Waals surface area contributed by atoms with E-state index in [1.54, 1.807) is 0 Å². The predicted molar refractivity (Wildman–Crippen MR) is 66.1 cm³/mol. The Bertz CT molecular complexity index is 477. The zero-order chi connectivity index (χ0) is 10.8. The summed E-state index contributed by atoms with van der Waals surface area (Å²) in [6, 6.07) is 6.68. The minimum Gasteiger partial charge on any atom is -0.492 e. The van der Waals surface area contributed by atoms with Crippen molar-refractivity contribution in [1.29, 1.82) is 0 Å². The van der Waals surface area contributed by atoms with E-state index in [0.29, 0.717) is 6.04 Å². The van der Waals surface area contributed by atoms with E-state index < -0.39 is 0 Å². The number of hydrogen-bond donors (Lipinski definition) is 1. The predicted octanol–water partition coefficient (Wildman–Crippen LogP) is 2.43. The zero-order valence-corrected chi connectivity index (χ0v) is 9.80. The van der Waals surface area contributed by atoms with Gasteiger partial charge in [0.25, 0.3) is 0 Å². The lowest BCUT2D eigenvalue weighted by molar-refractivity contribution is 0.277. The molecule has 2 heterocycles. The van der Waals surface area contributed by atoms with Crippen molar-refractivity contribution < 1.29 is 4.74 Å². The Kier molecular flexibility index (Phi) is 2.76. The Morgan fingerprint density at radius 1 is 1.50 bits per heavy atom. The van der Waals surface area contributed by atoms with Crippen molar-refractivity contribution in [3.8, 4) is 5.75 Å². The van der Waals surface area contributed by atoms with Gasteiger partial charge in [0.1, 0.15) is 12.4 Å². The zero-order valence-electron chi connectivity index (χ0n) is 8.98. The second-order valence-corrected chi connectivity index (χ2v) is 4.96. The van der Waals surface area contributed by atoms with Gasteiger partial charge in [0.05, 0.1) is 4.70 Å². The molecule has 1 aromatic heterocycles. The number of fused-ring (bicyclic) bond motifs is 1. The summed E-state index contributed by atoms with van der Waals surface area (Å²) in [5.74, 6) is 0.949. The van der Waals surface area contributed by atoms with Crippen molar-refractivity contribution in [3.05, 3.63) is 24.4 Å². The van der Waals surface area contributed by atoms with Gasteiger partial charge in [-0.1, -0.05) is 0 Å². The highest BCUT2D eigenvalue weighted by Gasteiger charge is 2.14. The lowest BCUT2D eigenvalue weighted by Gasteiger charge is -2.11. The van der Waals surface area contributed by atoms with Crippen molar-refractivity contribution >= 4 is 21.6 Å². The van der Waals surface area contributed by atoms with Crippen LogP contribution < -0.4 is 10.1 Å². The molecule has 0 radical (unpaired) electrons. The van der Waals surface area contributed by atoms with E-state index >= 15 is 0 Å². The molecule has 1 fully saturated rings. The van der Waals surface area contributed by atoms with Crippen LogP contribution in [0.5, 0.6) is 5.75 Å². The van der Waals surface area contributed by atoms with Gasteiger partial charge in [0.15, 0.2) is 0 Å². The standard InChI is InChI=1S/C12H14N2OS/c1-2-10(13-5-1)8-15-11-4-3-9-7-14-16-12(9)6-11/h3-4,6-7,10,13H,1-2,5,8H2. The fourth-order valence-electron chi connectivity index (χ4n) is 2.03. The van der Waals surface area contributed by atoms with E-state index in [4.69, 9.17) is 4.74 Å². The molecule has 3 nitrogen and oxygen atoms in total. The molecule has 1 unspecified atom stereocenters. The third kappa shape index (κ3) is 2.03. The molecule has 0 amide bonds. The average Bonchev–Trinajstić information content (AvgIpc) is 2.97. The minimum absolute atomic E-state index is 0.525. The number of hydrogen-bond acceptors (Lipinski definition) is 4. The van der Waals surface area contributed by atoms with Crippen LogP contribution in [0.1, 0.15) is 12.8 Å². The Balaban J connectivity index is 1.68. The van der Waals surface area contributed by atoms with E-state index in [2.05, 4.69) is 21.8 Å². The fourth-order valence-corrected chi connectivity index (χ4v) is 2.70. The number of nitrogens with zero attached hydrogens (tertiary/aromatic N) is 1. The van der Waals surface area contributed by atoms with Crippen molar-refractivity contribution in [2.24, 2.45) is 0 Å². The number of ether oxygens (including phenoxy) is 1. The molecule has 16 heavy (non-hydrogen) atoms. The van der Waals surface area contributed by atoms with E-state index in [1.165, 1.54) is 34.5 Å². The highest BCUT2D eigenvalue weighted by atomic mass is 32.1. The van der Waals surface area contributed by atoms with Gasteiger partial charge in [-0.2, -0.15) is 4.37 Å². The summed E-state index contributed by atoms with van der Waals surface area (Å²) in [6.07, 6.45) is 4.38. The Morgan fingerprint density at radius 2 is 2.50 bits per heavy atom. The third-order valence-electron chi connectivity index (χ3n) is 2.94. The first-order chi connectivity index (χ1) is 7.92. The lowest BCUT2D eigenvalue weighted by atomic mass is 10.2. The smallest absolute Gasteiger partial charge is 0.120 e. The lowest BCUT2D eigenvalue weighted by Crippen LogP contribution is -2.28. The Hall–Kier alpha value is -1.13. The maximum absolute atomic E-state index is 5.78. The van der Waals surface area contributed by atoms with Gasteiger partial charge < -0.3 is 10.1 Å². The molecular formula is C12H14N2OS. The molecule has 0 spiro atoms. The van der Waals surface area contributed by atoms with Crippen molar-refractivity contribution in [1.82, 2.24) is 9.69 Å². The molecule has 0 bridgehead atoms. The van der Waals surface area contributed by atoms with Gasteiger partial charge in [-0.05, 0) is 49.1 Å². The van der Waals surface area contributed by atoms with Crippen LogP contribution in [0.4, 0.5) is 0 Å². The second kappa shape index (κ2) is 4.39. The molecule has 84 valence electrons. The highest BCUT2D eigenvalue weighted by Crippen LogP contribution is 2.23. The van der Waals surface area contributed by atoms with Gasteiger partial charge in [0, 0.05) is 17.6 Å². The molecule has 1 saturated heterocycles. The number of aromatic nitrogens is 1. The van der Waals surface area contributed by atoms with Gasteiger partial charge in [-0.3, -0.25) is 0 Å². The van der Waals surface area contributed by atoms with Crippen LogP contribution in [0.25, 0.3) is 10.1 Å². The molecule has 2 aromatic rings. The van der Waals surface area contributed by atoms with Gasteiger partial charge in [-0.25, -0.2) is 0 Å². The maximum Gasteiger partial charge on any atom is 0.120 e. The normalized spacial score (nSPS) is 20.4. The van der Waals surface area contributed by atoms with Gasteiger partial charge in [0.2, 0.25) is 0 Å². The quantitative estimate of drug-likeness (QED) is 0.885. The molecule has 0 saturated carbocycles. The van der Waals surface area contributed by atoms with Crippen LogP contribution in [0.15, 0.2) is 24.4 Å². The molecule has 1 aromatic carbocycles. The summed E-state index contributed by atoms with van der Waals surface area (Å²) in [4.78, 5) is 0. The van der Waals surface area contributed by atoms with E-state index in [9.17, 15) is 0 Å². The van der Waals surface area contributed by atoms with Crippen molar-refractivity contribution in [3.63, 3.8) is 0 Å². The van der Waals surface area contributed by atoms with Crippen molar-refractivity contribution in [2.45, 2.75) is 18.9 Å². The number of rotatable bonds is 3. The fraction of sp³-hybridized carbons (Fsp3) is 0.417. The maximum atomic E-state index is 5.78. The van der Waals surface area contributed by atoms with Crippen LogP contribution in [-0.4, -0.2) is 23.6 Å². The molecule has 4 heteroatoms. The first-order valence-corrected chi connectivity index (χ1v) is 6.40. The summed E-state index contributed by atoms with van der Waals surface area (Å²) in [5.41, 5.74) is 0. The molecule has 1 N–H and O–H groups in total. The third-order valence-corrected chi connectivity index (χ3v) is 3.70. The van der Waals surface area contributed by atoms with E-state index in [1.807, 2.05) is 12.3 Å². The number of nitrogens with one attached hydrogen (secondary N) is 1. The summed E-state index contributed by atoms with van der Waals surface area (Å²) in [7, 11) is 0. The number of benzene rings is 1. The summed E-state index contributed by atoms with van der Waals surface area (Å²) >= 11 is 1.51. The van der Waals surface area contributed by atoms with E-state index in [-0.39, 0.29) is 0 Å². The summed E-state index contributed by atoms with van der Waals surface area (Å²) in [5, 5.41) is 4.62. The van der Waals surface area contributed by atoms with Crippen LogP contribution in [0, 0.1) is 0 Å². The van der Waals surface area contributed by atoms with Gasteiger partial charge in [-0.15, -0.1) is 0 Å². The summed E-state index contributed by atoms with van der Waals surface area (Å²) < 4.78 is 11.1. The second-order valence-electron chi connectivity index (χ2n) is 4.13. The monoisotopic (exact) mass is 234 g/mol. The van der Waals surface area contributed by atoms with Crippen LogP contribution in [-0.2, 0) is 0 Å². The molecular weight excluding hydrogens is 220 g/mol. The van der Waals surface area contributed by atoms with Gasteiger partial charge >= 0.3 is 0 Å². The molecule has 3 rings (SSSR count).